The van der Waals surface area contributed by atoms with Crippen molar-refractivity contribution in [1.29, 1.82) is 0 Å². The Morgan fingerprint density at radius 2 is 2.22 bits per heavy atom. The van der Waals surface area contributed by atoms with Gasteiger partial charge in [0.2, 0.25) is 5.71 Å². The average Bonchev–Trinajstić information content (AvgIpc) is 3.00. The maximum Gasteiger partial charge on any atom is 0.229 e. The summed E-state index contributed by atoms with van der Waals surface area (Å²) >= 11 is 0. The van der Waals surface area contributed by atoms with Gasteiger partial charge >= 0.3 is 0 Å². The number of hydrogen-bond donors (Lipinski definition) is 1. The van der Waals surface area contributed by atoms with E-state index in [2.05, 4.69) is 4.98 Å². The molecule has 0 amide bonds. The van der Waals surface area contributed by atoms with Gasteiger partial charge in [0.05, 0.1) is 24.5 Å². The molecule has 23 heavy (non-hydrogen) atoms. The molecular formula is C18H21NO4. The van der Waals surface area contributed by atoms with Crippen molar-refractivity contribution in [3.05, 3.63) is 41.3 Å². The zero-order chi connectivity index (χ0) is 16.6. The molecule has 3 rings (SSSR count). The smallest absolute Gasteiger partial charge is 0.229 e. The first-order chi connectivity index (χ1) is 11.0. The van der Waals surface area contributed by atoms with Gasteiger partial charge < -0.3 is 19.0 Å². The molecule has 0 saturated heterocycles. The molecule has 0 radical (unpaired) electrons. The molecule has 0 aromatic carbocycles. The zero-order valence-corrected chi connectivity index (χ0v) is 13.8. The summed E-state index contributed by atoms with van der Waals surface area (Å²) in [7, 11) is 3.21. The van der Waals surface area contributed by atoms with E-state index in [9.17, 15) is 5.11 Å². The highest BCUT2D eigenvalue weighted by Crippen LogP contribution is 2.44. The van der Waals surface area contributed by atoms with Crippen LogP contribution in [-0.4, -0.2) is 30.4 Å². The fourth-order valence-electron chi connectivity index (χ4n) is 3.03. The summed E-state index contributed by atoms with van der Waals surface area (Å²) in [6.45, 7) is 4.03. The molecule has 5 nitrogen and oxygen atoms in total. The van der Waals surface area contributed by atoms with Gasteiger partial charge in [0.15, 0.2) is 0 Å². The molecule has 0 bridgehead atoms. The van der Waals surface area contributed by atoms with Gasteiger partial charge in [-0.1, -0.05) is 23.8 Å². The second kappa shape index (κ2) is 5.83. The molecule has 5 heteroatoms. The van der Waals surface area contributed by atoms with Crippen LogP contribution >= 0.6 is 0 Å². The topological polar surface area (TPSA) is 64.7 Å². The third kappa shape index (κ3) is 2.36. The van der Waals surface area contributed by atoms with Gasteiger partial charge in [-0.15, -0.1) is 0 Å². The normalized spacial score (nSPS) is 22.9. The molecule has 2 heterocycles. The van der Waals surface area contributed by atoms with E-state index in [-0.39, 0.29) is 0 Å². The Morgan fingerprint density at radius 3 is 2.87 bits per heavy atom. The number of nitrogens with zero attached hydrogens (tertiary/aromatic N) is 1. The quantitative estimate of drug-likeness (QED) is 0.876. The van der Waals surface area contributed by atoms with Crippen molar-refractivity contribution in [3.8, 4) is 5.75 Å². The molecule has 122 valence electrons. The van der Waals surface area contributed by atoms with Crippen LogP contribution in [0.25, 0.3) is 17.2 Å². The number of hydrogen-bond acceptors (Lipinski definition) is 5. The van der Waals surface area contributed by atoms with Gasteiger partial charge in [-0.25, -0.2) is 4.98 Å². The van der Waals surface area contributed by atoms with Crippen LogP contribution in [0.4, 0.5) is 0 Å². The van der Waals surface area contributed by atoms with Crippen molar-refractivity contribution in [1.82, 2.24) is 4.98 Å². The Morgan fingerprint density at radius 1 is 1.43 bits per heavy atom. The number of furan rings is 1. The van der Waals surface area contributed by atoms with Gasteiger partial charge in [-0.05, 0) is 19.9 Å². The summed E-state index contributed by atoms with van der Waals surface area (Å²) < 4.78 is 16.8. The van der Waals surface area contributed by atoms with Gasteiger partial charge in [0.1, 0.15) is 17.5 Å². The van der Waals surface area contributed by atoms with E-state index in [0.29, 0.717) is 23.6 Å². The third-order valence-corrected chi connectivity index (χ3v) is 4.31. The molecule has 2 aromatic rings. The number of aliphatic hydroxyl groups excluding tert-OH is 1. The van der Waals surface area contributed by atoms with Crippen molar-refractivity contribution in [2.75, 3.05) is 14.2 Å². The molecular weight excluding hydrogens is 294 g/mol. The lowest BCUT2D eigenvalue weighted by molar-refractivity contribution is -0.0914. The second-order valence-electron chi connectivity index (χ2n) is 5.93. The van der Waals surface area contributed by atoms with Crippen LogP contribution in [0.3, 0.4) is 0 Å². The summed E-state index contributed by atoms with van der Waals surface area (Å²) in [5.74, 6) is 0.681. The minimum absolute atomic E-state index is 0.474. The molecule has 0 aliphatic heterocycles. The Bertz CT molecular complexity index is 786. The summed E-state index contributed by atoms with van der Waals surface area (Å²) in [6, 6.07) is 1.82. The fourth-order valence-corrected chi connectivity index (χ4v) is 3.03. The van der Waals surface area contributed by atoms with Crippen molar-refractivity contribution >= 4 is 17.2 Å². The molecule has 2 atom stereocenters. The van der Waals surface area contributed by atoms with E-state index in [0.717, 1.165) is 16.5 Å². The van der Waals surface area contributed by atoms with E-state index in [4.69, 9.17) is 13.9 Å². The lowest BCUT2D eigenvalue weighted by atomic mass is 9.81. The molecule has 0 spiro atoms. The largest absolute Gasteiger partial charge is 0.495 e. The Balaban J connectivity index is 2.29. The number of pyridine rings is 1. The lowest BCUT2D eigenvalue weighted by Gasteiger charge is -2.38. The maximum absolute atomic E-state index is 10.6. The number of ether oxygens (including phenoxy) is 2. The number of aromatic nitrogens is 1. The minimum Gasteiger partial charge on any atom is -0.495 e. The van der Waals surface area contributed by atoms with E-state index in [1.165, 1.54) is 0 Å². The molecule has 0 unspecified atom stereocenters. The number of methoxy groups -OCH3 is 2. The van der Waals surface area contributed by atoms with Crippen LogP contribution in [0.15, 0.2) is 34.5 Å². The van der Waals surface area contributed by atoms with E-state index < -0.39 is 11.7 Å². The number of fused-ring (bicyclic) bond motifs is 2. The highest BCUT2D eigenvalue weighted by Gasteiger charge is 2.44. The molecule has 1 N–H and O–H groups in total. The molecule has 2 aromatic heterocycles. The van der Waals surface area contributed by atoms with Crippen molar-refractivity contribution in [3.63, 3.8) is 0 Å². The van der Waals surface area contributed by atoms with E-state index >= 15 is 0 Å². The predicted molar refractivity (Wildman–Crippen MR) is 88.3 cm³/mol. The Hall–Kier alpha value is -2.11. The minimum atomic E-state index is -0.963. The standard InChI is InChI=1S/C18H21NO4/c1-11(2)7-9-18(22-4)14(20)6-5-12-15(21-3)13-8-10-23-17(13)19-16(12)18/h5-8,10,14,20H,9H2,1-4H3/t14-,18+/m1/s1. The number of allylic oxidation sites excluding steroid dienone is 1. The van der Waals surface area contributed by atoms with Gasteiger partial charge in [0.25, 0.3) is 0 Å². The SMILES string of the molecule is COc1c2c(nc3occc13)[C@@](CC=C(C)C)(OC)[C@H](O)C=C2. The summed E-state index contributed by atoms with van der Waals surface area (Å²) in [5.41, 5.74) is 2.11. The Labute approximate surface area is 135 Å². The highest BCUT2D eigenvalue weighted by molar-refractivity contribution is 5.87. The Kier molecular flexibility index (Phi) is 4.00. The number of aliphatic hydroxyl groups is 1. The van der Waals surface area contributed by atoms with Crippen LogP contribution < -0.4 is 4.74 Å². The lowest BCUT2D eigenvalue weighted by Crippen LogP contribution is -2.43. The van der Waals surface area contributed by atoms with Gasteiger partial charge in [-0.2, -0.15) is 0 Å². The summed E-state index contributed by atoms with van der Waals surface area (Å²) in [6.07, 6.45) is 6.87. The van der Waals surface area contributed by atoms with Gasteiger partial charge in [0, 0.05) is 19.1 Å². The van der Waals surface area contributed by atoms with Crippen molar-refractivity contribution in [2.24, 2.45) is 0 Å². The average molecular weight is 315 g/mol. The van der Waals surface area contributed by atoms with Gasteiger partial charge in [-0.3, -0.25) is 0 Å². The highest BCUT2D eigenvalue weighted by atomic mass is 16.5. The van der Waals surface area contributed by atoms with Crippen LogP contribution in [0.2, 0.25) is 0 Å². The molecule has 0 saturated carbocycles. The van der Waals surface area contributed by atoms with Crippen LogP contribution in [-0.2, 0) is 10.3 Å². The van der Waals surface area contributed by atoms with Crippen LogP contribution in [0.1, 0.15) is 31.5 Å². The maximum atomic E-state index is 10.6. The zero-order valence-electron chi connectivity index (χ0n) is 13.8. The first-order valence-corrected chi connectivity index (χ1v) is 7.54. The second-order valence-corrected chi connectivity index (χ2v) is 5.93. The fraction of sp³-hybridized carbons (Fsp3) is 0.389. The summed E-state index contributed by atoms with van der Waals surface area (Å²) in [4.78, 5) is 4.62. The van der Waals surface area contributed by atoms with E-state index in [1.54, 1.807) is 26.6 Å². The number of rotatable bonds is 4. The molecule has 1 aliphatic rings. The molecule has 1 aliphatic carbocycles. The monoisotopic (exact) mass is 315 g/mol. The molecule has 0 fully saturated rings. The first kappa shape index (κ1) is 15.8. The van der Waals surface area contributed by atoms with Crippen LogP contribution in [0, 0.1) is 0 Å². The van der Waals surface area contributed by atoms with Crippen molar-refractivity contribution in [2.45, 2.75) is 32.0 Å². The predicted octanol–water partition coefficient (Wildman–Crippen LogP) is 3.42. The van der Waals surface area contributed by atoms with E-state index in [1.807, 2.05) is 32.1 Å². The first-order valence-electron chi connectivity index (χ1n) is 7.54. The van der Waals surface area contributed by atoms with Crippen molar-refractivity contribution < 1.29 is 19.0 Å². The van der Waals surface area contributed by atoms with Crippen LogP contribution in [0.5, 0.6) is 5.75 Å². The summed E-state index contributed by atoms with van der Waals surface area (Å²) in [5, 5.41) is 11.4. The third-order valence-electron chi connectivity index (χ3n) is 4.31.